The fourth-order valence-corrected chi connectivity index (χ4v) is 5.47. The van der Waals surface area contributed by atoms with E-state index in [1.54, 1.807) is 4.90 Å². The molecule has 0 spiro atoms. The summed E-state index contributed by atoms with van der Waals surface area (Å²) in [5, 5.41) is 0.124. The summed E-state index contributed by atoms with van der Waals surface area (Å²) in [5.41, 5.74) is -0.551. The number of hydrogen-bond acceptors (Lipinski definition) is 4. The van der Waals surface area contributed by atoms with Gasteiger partial charge in [0.05, 0.1) is 6.10 Å². The lowest BCUT2D eigenvalue weighted by atomic mass is 9.91. The predicted octanol–water partition coefficient (Wildman–Crippen LogP) is 5.93. The molecule has 168 valence electrons. The summed E-state index contributed by atoms with van der Waals surface area (Å²) in [6.45, 7) is 17.4. The fourth-order valence-electron chi connectivity index (χ4n) is 4.09. The highest BCUT2D eigenvalue weighted by molar-refractivity contribution is 6.74. The second kappa shape index (κ2) is 9.09. The lowest BCUT2D eigenvalue weighted by Gasteiger charge is -2.45. The molecule has 29 heavy (non-hydrogen) atoms. The zero-order valence-electron chi connectivity index (χ0n) is 20.0. The molecule has 2 atom stereocenters. The van der Waals surface area contributed by atoms with Crippen LogP contribution in [0.15, 0.2) is 0 Å². The lowest BCUT2D eigenvalue weighted by molar-refractivity contribution is -0.124. The molecule has 0 radical (unpaired) electrons. The van der Waals surface area contributed by atoms with Crippen molar-refractivity contribution < 1.29 is 18.8 Å². The molecule has 1 aliphatic carbocycles. The topological polar surface area (TPSA) is 55.8 Å². The zero-order chi connectivity index (χ0) is 22.0. The molecule has 0 aromatic carbocycles. The van der Waals surface area contributed by atoms with Crippen LogP contribution in [0.1, 0.15) is 86.5 Å². The number of amides is 1. The molecule has 1 heterocycles. The van der Waals surface area contributed by atoms with E-state index in [1.807, 2.05) is 20.8 Å². The highest BCUT2D eigenvalue weighted by Gasteiger charge is 2.43. The van der Waals surface area contributed by atoms with Gasteiger partial charge in [-0.3, -0.25) is 4.79 Å². The zero-order valence-corrected chi connectivity index (χ0v) is 21.0. The molecule has 2 aliphatic rings. The predicted molar refractivity (Wildman–Crippen MR) is 120 cm³/mol. The molecular weight excluding hydrogens is 382 g/mol. The van der Waals surface area contributed by atoms with Crippen LogP contribution in [0.4, 0.5) is 4.79 Å². The second-order valence-electron chi connectivity index (χ2n) is 11.5. The van der Waals surface area contributed by atoms with Crippen LogP contribution in [0.2, 0.25) is 18.1 Å². The number of carbonyl (C=O) groups is 2. The van der Waals surface area contributed by atoms with Gasteiger partial charge in [-0.15, -0.1) is 0 Å². The first-order chi connectivity index (χ1) is 13.2. The SMILES string of the molecule is CC(C)(C)OC(=O)N1CC(O[Si](C)(C)C(C)(C)C)CCC1CC(=O)C1CCCC1. The van der Waals surface area contributed by atoms with Crippen LogP contribution in [-0.4, -0.2) is 49.4 Å². The van der Waals surface area contributed by atoms with E-state index in [0.29, 0.717) is 18.7 Å². The van der Waals surface area contributed by atoms with E-state index in [4.69, 9.17) is 9.16 Å². The van der Waals surface area contributed by atoms with Crippen LogP contribution >= 0.6 is 0 Å². The Morgan fingerprint density at radius 1 is 0.966 bits per heavy atom. The first kappa shape index (κ1) is 24.4. The Kier molecular flexibility index (Phi) is 7.64. The Balaban J connectivity index is 2.11. The molecule has 6 heteroatoms. The number of piperidine rings is 1. The summed E-state index contributed by atoms with van der Waals surface area (Å²) in [7, 11) is -1.92. The number of hydrogen-bond donors (Lipinski definition) is 0. The molecule has 1 saturated heterocycles. The number of Topliss-reactive ketones (excluding diaryl/α,β-unsaturated/α-hetero) is 1. The first-order valence-corrected chi connectivity index (χ1v) is 14.3. The third kappa shape index (κ3) is 6.81. The largest absolute Gasteiger partial charge is 0.444 e. The Labute approximate surface area is 179 Å². The number of nitrogens with zero attached hydrogens (tertiary/aromatic N) is 1. The molecule has 0 aromatic heterocycles. The molecule has 1 aliphatic heterocycles. The fraction of sp³-hybridized carbons (Fsp3) is 0.913. The second-order valence-corrected chi connectivity index (χ2v) is 16.3. The normalized spacial score (nSPS) is 24.6. The quantitative estimate of drug-likeness (QED) is 0.513. The van der Waals surface area contributed by atoms with Gasteiger partial charge >= 0.3 is 6.09 Å². The van der Waals surface area contributed by atoms with Crippen molar-refractivity contribution in [3.8, 4) is 0 Å². The van der Waals surface area contributed by atoms with Gasteiger partial charge in [0.15, 0.2) is 8.32 Å². The van der Waals surface area contributed by atoms with E-state index >= 15 is 0 Å². The maximum atomic E-state index is 13.0. The van der Waals surface area contributed by atoms with Crippen molar-refractivity contribution >= 4 is 20.2 Å². The van der Waals surface area contributed by atoms with Crippen molar-refractivity contribution in [2.24, 2.45) is 5.92 Å². The third-order valence-corrected chi connectivity index (χ3v) is 11.3. The standard InChI is InChI=1S/C23H43NO4Si/c1-22(2,3)27-21(26)24-16-19(28-29(7,8)23(4,5)6)14-13-18(24)15-20(25)17-11-9-10-12-17/h17-19H,9-16H2,1-8H3. The van der Waals surface area contributed by atoms with Crippen molar-refractivity contribution in [1.82, 2.24) is 4.90 Å². The number of rotatable bonds is 5. The Morgan fingerprint density at radius 2 is 1.55 bits per heavy atom. The Morgan fingerprint density at radius 3 is 2.07 bits per heavy atom. The van der Waals surface area contributed by atoms with E-state index in [9.17, 15) is 9.59 Å². The summed E-state index contributed by atoms with van der Waals surface area (Å²) >= 11 is 0. The molecule has 2 unspecified atom stereocenters. The summed E-state index contributed by atoms with van der Waals surface area (Å²) in [4.78, 5) is 27.6. The summed E-state index contributed by atoms with van der Waals surface area (Å²) in [6, 6.07) is -0.0720. The van der Waals surface area contributed by atoms with E-state index in [-0.39, 0.29) is 29.2 Å². The van der Waals surface area contributed by atoms with Gasteiger partial charge in [0.2, 0.25) is 0 Å². The minimum Gasteiger partial charge on any atom is -0.444 e. The van der Waals surface area contributed by atoms with Crippen LogP contribution in [-0.2, 0) is 14.0 Å². The molecule has 0 bridgehead atoms. The third-order valence-electron chi connectivity index (χ3n) is 6.81. The monoisotopic (exact) mass is 425 g/mol. The van der Waals surface area contributed by atoms with Crippen LogP contribution in [0.3, 0.4) is 0 Å². The number of ether oxygens (including phenoxy) is 1. The molecule has 2 fully saturated rings. The van der Waals surface area contributed by atoms with Crippen LogP contribution in [0.25, 0.3) is 0 Å². The molecule has 0 aromatic rings. The molecule has 1 saturated carbocycles. The van der Waals surface area contributed by atoms with E-state index in [0.717, 1.165) is 38.5 Å². The Hall–Kier alpha value is -0.883. The Bertz CT molecular complexity index is 585. The van der Waals surface area contributed by atoms with E-state index < -0.39 is 13.9 Å². The smallest absolute Gasteiger partial charge is 0.410 e. The highest BCUT2D eigenvalue weighted by atomic mass is 28.4. The van der Waals surface area contributed by atoms with Crippen LogP contribution < -0.4 is 0 Å². The summed E-state index contributed by atoms with van der Waals surface area (Å²) in [6.07, 6.45) is 6.18. The number of likely N-dealkylation sites (tertiary alicyclic amines) is 1. The van der Waals surface area contributed by atoms with Gasteiger partial charge in [-0.2, -0.15) is 0 Å². The summed E-state index contributed by atoms with van der Waals surface area (Å²) in [5.74, 6) is 0.515. The van der Waals surface area contributed by atoms with Gasteiger partial charge in [0, 0.05) is 24.9 Å². The van der Waals surface area contributed by atoms with Gasteiger partial charge in [0.25, 0.3) is 0 Å². The summed E-state index contributed by atoms with van der Waals surface area (Å²) < 4.78 is 12.3. The molecule has 2 rings (SSSR count). The average molecular weight is 426 g/mol. The van der Waals surface area contributed by atoms with Crippen molar-refractivity contribution in [3.63, 3.8) is 0 Å². The molecular formula is C23H43NO4Si. The first-order valence-electron chi connectivity index (χ1n) is 11.4. The average Bonchev–Trinajstić information content (AvgIpc) is 3.07. The maximum Gasteiger partial charge on any atom is 0.410 e. The van der Waals surface area contributed by atoms with Crippen LogP contribution in [0.5, 0.6) is 0 Å². The molecule has 5 nitrogen and oxygen atoms in total. The molecule has 0 N–H and O–H groups in total. The van der Waals surface area contributed by atoms with Crippen molar-refractivity contribution in [2.75, 3.05) is 6.54 Å². The van der Waals surface area contributed by atoms with E-state index in [1.165, 1.54) is 0 Å². The number of ketones is 1. The number of carbonyl (C=O) groups excluding carboxylic acids is 2. The molecule has 1 amide bonds. The minimum atomic E-state index is -1.92. The maximum absolute atomic E-state index is 13.0. The van der Waals surface area contributed by atoms with Gasteiger partial charge in [-0.05, 0) is 64.6 Å². The van der Waals surface area contributed by atoms with Gasteiger partial charge in [-0.25, -0.2) is 4.79 Å². The highest BCUT2D eigenvalue weighted by Crippen LogP contribution is 2.39. The van der Waals surface area contributed by atoms with Crippen LogP contribution in [0, 0.1) is 5.92 Å². The van der Waals surface area contributed by atoms with Crippen molar-refractivity contribution in [3.05, 3.63) is 0 Å². The minimum absolute atomic E-state index is 0.0150. The van der Waals surface area contributed by atoms with Gasteiger partial charge in [0.1, 0.15) is 11.4 Å². The van der Waals surface area contributed by atoms with E-state index in [2.05, 4.69) is 33.9 Å². The van der Waals surface area contributed by atoms with Crippen molar-refractivity contribution in [2.45, 2.75) is 122 Å². The van der Waals surface area contributed by atoms with Gasteiger partial charge < -0.3 is 14.1 Å². The lowest BCUT2D eigenvalue weighted by Crippen LogP contribution is -2.54. The van der Waals surface area contributed by atoms with Gasteiger partial charge in [-0.1, -0.05) is 33.6 Å². The van der Waals surface area contributed by atoms with Crippen molar-refractivity contribution in [1.29, 1.82) is 0 Å².